The first-order valence-electron chi connectivity index (χ1n) is 8.72. The average Bonchev–Trinajstić information content (AvgIpc) is 2.60. The van der Waals surface area contributed by atoms with Crippen LogP contribution in [0.2, 0.25) is 0 Å². The molecule has 2 rings (SSSR count). The summed E-state index contributed by atoms with van der Waals surface area (Å²) in [4.78, 5) is 8.23. The van der Waals surface area contributed by atoms with Gasteiger partial charge >= 0.3 is 0 Å². The lowest BCUT2D eigenvalue weighted by Crippen LogP contribution is -2.10. The van der Waals surface area contributed by atoms with Crippen molar-refractivity contribution < 1.29 is 0 Å². The highest BCUT2D eigenvalue weighted by Gasteiger charge is 2.12. The summed E-state index contributed by atoms with van der Waals surface area (Å²) in [7, 11) is 0. The van der Waals surface area contributed by atoms with E-state index in [1.165, 1.54) is 5.56 Å². The number of pyridine rings is 2. The van der Waals surface area contributed by atoms with Crippen LogP contribution in [0.1, 0.15) is 79.5 Å². The summed E-state index contributed by atoms with van der Waals surface area (Å²) in [6.07, 6.45) is 5.55. The van der Waals surface area contributed by atoms with E-state index >= 15 is 0 Å². The van der Waals surface area contributed by atoms with E-state index in [2.05, 4.69) is 50.7 Å². The minimum absolute atomic E-state index is 0.230. The SMILES string of the molecule is CC.CC.CC(C)(C)c1cccnc1.CC(C)c1ccccn1. The molecule has 0 aliphatic carbocycles. The molecule has 0 aliphatic rings. The number of hydrogen-bond donors (Lipinski definition) is 0. The Bertz CT molecular complexity index is 456. The third-order valence-electron chi connectivity index (χ3n) is 2.81. The summed E-state index contributed by atoms with van der Waals surface area (Å²) < 4.78 is 0. The smallest absolute Gasteiger partial charge is 0.0428 e. The van der Waals surface area contributed by atoms with Crippen molar-refractivity contribution in [2.45, 2.75) is 73.6 Å². The summed E-state index contributed by atoms with van der Waals surface area (Å²) in [6.45, 7) is 18.8. The molecule has 0 amide bonds. The molecule has 0 N–H and O–H groups in total. The van der Waals surface area contributed by atoms with E-state index in [4.69, 9.17) is 0 Å². The number of hydrogen-bond acceptors (Lipinski definition) is 2. The maximum Gasteiger partial charge on any atom is 0.0428 e. The second-order valence-corrected chi connectivity index (χ2v) is 5.90. The van der Waals surface area contributed by atoms with Gasteiger partial charge in [0.2, 0.25) is 0 Å². The van der Waals surface area contributed by atoms with E-state index in [0.717, 1.165) is 5.69 Å². The Kier molecular flexibility index (Phi) is 14.3. The molecule has 0 radical (unpaired) electrons. The summed E-state index contributed by atoms with van der Waals surface area (Å²) >= 11 is 0. The highest BCUT2D eigenvalue weighted by Crippen LogP contribution is 2.19. The molecule has 0 saturated carbocycles. The van der Waals surface area contributed by atoms with E-state index < -0.39 is 0 Å². The predicted octanol–water partition coefficient (Wildman–Crippen LogP) is 6.64. The monoisotopic (exact) mass is 316 g/mol. The van der Waals surface area contributed by atoms with Gasteiger partial charge in [-0.2, -0.15) is 0 Å². The minimum Gasteiger partial charge on any atom is -0.264 e. The van der Waals surface area contributed by atoms with Crippen LogP contribution in [0.15, 0.2) is 48.9 Å². The van der Waals surface area contributed by atoms with Crippen LogP contribution in [-0.2, 0) is 5.41 Å². The van der Waals surface area contributed by atoms with Crippen molar-refractivity contribution in [2.75, 3.05) is 0 Å². The van der Waals surface area contributed by atoms with Crippen LogP contribution >= 0.6 is 0 Å². The summed E-state index contributed by atoms with van der Waals surface area (Å²) in [5.41, 5.74) is 2.68. The molecule has 2 heterocycles. The summed E-state index contributed by atoms with van der Waals surface area (Å²) in [5.74, 6) is 0.547. The molecule has 2 aromatic heterocycles. The van der Waals surface area contributed by atoms with Crippen LogP contribution in [0.5, 0.6) is 0 Å². The van der Waals surface area contributed by atoms with Crippen LogP contribution < -0.4 is 0 Å². The van der Waals surface area contributed by atoms with Crippen molar-refractivity contribution in [3.05, 3.63) is 60.2 Å². The topological polar surface area (TPSA) is 25.8 Å². The molecule has 0 aromatic carbocycles. The lowest BCUT2D eigenvalue weighted by molar-refractivity contribution is 0.587. The van der Waals surface area contributed by atoms with Gasteiger partial charge < -0.3 is 0 Å². The zero-order valence-corrected chi connectivity index (χ0v) is 16.6. The molecule has 0 bridgehead atoms. The van der Waals surface area contributed by atoms with Gasteiger partial charge in [-0.25, -0.2) is 0 Å². The fraction of sp³-hybridized carbons (Fsp3) is 0.524. The van der Waals surface area contributed by atoms with Gasteiger partial charge in [0.05, 0.1) is 0 Å². The van der Waals surface area contributed by atoms with Gasteiger partial charge in [0.1, 0.15) is 0 Å². The van der Waals surface area contributed by atoms with Gasteiger partial charge in [-0.15, -0.1) is 0 Å². The Hall–Kier alpha value is -1.70. The Balaban J connectivity index is 0. The first-order valence-corrected chi connectivity index (χ1v) is 8.72. The standard InChI is InChI=1S/C9H13N.C8H11N.2C2H6/c1-9(2,3)8-5-4-6-10-7-8;1-7(2)8-5-3-4-6-9-8;2*1-2/h4-7H,1-3H3;3-7H,1-2H3;2*1-2H3. The van der Waals surface area contributed by atoms with Gasteiger partial charge in [0.25, 0.3) is 0 Å². The van der Waals surface area contributed by atoms with E-state index in [0.29, 0.717) is 5.92 Å². The van der Waals surface area contributed by atoms with Crippen molar-refractivity contribution in [1.29, 1.82) is 0 Å². The molecule has 0 spiro atoms. The lowest BCUT2D eigenvalue weighted by atomic mass is 9.88. The molecule has 130 valence electrons. The Morgan fingerprint density at radius 1 is 0.826 bits per heavy atom. The van der Waals surface area contributed by atoms with Crippen LogP contribution in [0, 0.1) is 0 Å². The van der Waals surface area contributed by atoms with Crippen molar-refractivity contribution in [3.63, 3.8) is 0 Å². The highest BCUT2D eigenvalue weighted by molar-refractivity contribution is 5.17. The second kappa shape index (κ2) is 13.9. The van der Waals surface area contributed by atoms with E-state index in [1.54, 1.807) is 6.20 Å². The van der Waals surface area contributed by atoms with Crippen molar-refractivity contribution in [3.8, 4) is 0 Å². The van der Waals surface area contributed by atoms with Crippen molar-refractivity contribution in [2.24, 2.45) is 0 Å². The summed E-state index contributed by atoms with van der Waals surface area (Å²) in [5, 5.41) is 0. The predicted molar refractivity (Wildman–Crippen MR) is 104 cm³/mol. The second-order valence-electron chi connectivity index (χ2n) is 5.90. The maximum absolute atomic E-state index is 4.18. The quantitative estimate of drug-likeness (QED) is 0.589. The molecular weight excluding hydrogens is 280 g/mol. The van der Waals surface area contributed by atoms with Gasteiger partial charge in [-0.1, -0.05) is 74.4 Å². The van der Waals surface area contributed by atoms with Crippen LogP contribution in [0.4, 0.5) is 0 Å². The molecule has 2 aromatic rings. The molecule has 0 unspecified atom stereocenters. The zero-order valence-electron chi connectivity index (χ0n) is 16.6. The molecule has 0 aliphatic heterocycles. The fourth-order valence-electron chi connectivity index (χ4n) is 1.52. The fourth-order valence-corrected chi connectivity index (χ4v) is 1.52. The molecular formula is C21H36N2. The lowest BCUT2D eigenvalue weighted by Gasteiger charge is -2.17. The molecule has 0 saturated heterocycles. The van der Waals surface area contributed by atoms with Crippen molar-refractivity contribution >= 4 is 0 Å². The highest BCUT2D eigenvalue weighted by atomic mass is 14.7. The average molecular weight is 317 g/mol. The third kappa shape index (κ3) is 11.5. The normalized spacial score (nSPS) is 9.48. The third-order valence-corrected chi connectivity index (χ3v) is 2.81. The Labute approximate surface area is 144 Å². The first-order chi connectivity index (χ1) is 10.9. The molecule has 2 nitrogen and oxygen atoms in total. The van der Waals surface area contributed by atoms with Gasteiger partial charge in [-0.3, -0.25) is 9.97 Å². The van der Waals surface area contributed by atoms with Crippen LogP contribution in [-0.4, -0.2) is 9.97 Å². The molecule has 0 fully saturated rings. The summed E-state index contributed by atoms with van der Waals surface area (Å²) in [6, 6.07) is 10.1. The van der Waals surface area contributed by atoms with Gasteiger partial charge in [-0.05, 0) is 35.1 Å². The molecule has 0 atom stereocenters. The zero-order chi connectivity index (χ0) is 18.3. The molecule has 2 heteroatoms. The Morgan fingerprint density at radius 3 is 1.70 bits per heavy atom. The van der Waals surface area contributed by atoms with E-state index in [-0.39, 0.29) is 5.41 Å². The number of rotatable bonds is 1. The minimum atomic E-state index is 0.230. The van der Waals surface area contributed by atoms with Crippen molar-refractivity contribution in [1.82, 2.24) is 9.97 Å². The number of nitrogens with zero attached hydrogens (tertiary/aromatic N) is 2. The van der Waals surface area contributed by atoms with E-state index in [1.807, 2.05) is 64.4 Å². The first kappa shape index (κ1) is 23.6. The maximum atomic E-state index is 4.18. The van der Waals surface area contributed by atoms with E-state index in [9.17, 15) is 0 Å². The Morgan fingerprint density at radius 2 is 1.43 bits per heavy atom. The largest absolute Gasteiger partial charge is 0.264 e. The van der Waals surface area contributed by atoms with Crippen LogP contribution in [0.25, 0.3) is 0 Å². The van der Waals surface area contributed by atoms with Gasteiger partial charge in [0, 0.05) is 24.3 Å². The van der Waals surface area contributed by atoms with Gasteiger partial charge in [0.15, 0.2) is 0 Å². The molecule has 23 heavy (non-hydrogen) atoms. The van der Waals surface area contributed by atoms with Crippen LogP contribution in [0.3, 0.4) is 0 Å². The number of aromatic nitrogens is 2.